The Hall–Kier alpha value is -2.11. The number of aliphatic carboxylic acids is 1. The Morgan fingerprint density at radius 3 is 2.72 bits per heavy atom. The van der Waals surface area contributed by atoms with Gasteiger partial charge in [0.25, 0.3) is 0 Å². The van der Waals surface area contributed by atoms with Crippen LogP contribution in [0.2, 0.25) is 0 Å². The number of nitrogens with zero attached hydrogens (tertiary/aromatic N) is 2. The molecule has 18 heavy (non-hydrogen) atoms. The van der Waals surface area contributed by atoms with Gasteiger partial charge in [-0.3, -0.25) is 9.48 Å². The standard InChI is InChI=1S/C12H17N3O3/c1-4-12(2,11(17)18)14-10(16)6-5-9-7-8-13-15(9)3/h5-8H,4H2,1-3H3,(H,14,16)(H,17,18). The first-order valence-electron chi connectivity index (χ1n) is 5.60. The van der Waals surface area contributed by atoms with Crippen LogP contribution in [0.4, 0.5) is 0 Å². The van der Waals surface area contributed by atoms with Crippen LogP contribution in [0.1, 0.15) is 26.0 Å². The number of rotatable bonds is 5. The second kappa shape index (κ2) is 5.48. The quantitative estimate of drug-likeness (QED) is 0.758. The third kappa shape index (κ3) is 3.19. The van der Waals surface area contributed by atoms with Gasteiger partial charge in [-0.05, 0) is 25.5 Å². The zero-order valence-corrected chi connectivity index (χ0v) is 10.7. The number of aromatic nitrogens is 2. The number of carbonyl (C=O) groups excluding carboxylic acids is 1. The van der Waals surface area contributed by atoms with Gasteiger partial charge in [0.05, 0.1) is 5.69 Å². The van der Waals surface area contributed by atoms with Crippen molar-refractivity contribution in [3.8, 4) is 0 Å². The van der Waals surface area contributed by atoms with Gasteiger partial charge in [-0.25, -0.2) is 4.79 Å². The average molecular weight is 251 g/mol. The molecule has 0 radical (unpaired) electrons. The van der Waals surface area contributed by atoms with Gasteiger partial charge in [0.2, 0.25) is 5.91 Å². The Kier molecular flexibility index (Phi) is 4.25. The first-order valence-corrected chi connectivity index (χ1v) is 5.60. The molecule has 0 spiro atoms. The summed E-state index contributed by atoms with van der Waals surface area (Å²) < 4.78 is 1.61. The predicted octanol–water partition coefficient (Wildman–Crippen LogP) is 0.803. The Labute approximate surface area is 105 Å². The maximum Gasteiger partial charge on any atom is 0.329 e. The molecule has 6 nitrogen and oxygen atoms in total. The summed E-state index contributed by atoms with van der Waals surface area (Å²) in [7, 11) is 1.75. The SMILES string of the molecule is CCC(C)(NC(=O)C=Cc1ccnn1C)C(=O)O. The summed E-state index contributed by atoms with van der Waals surface area (Å²) in [6.07, 6.45) is 4.81. The average Bonchev–Trinajstić information content (AvgIpc) is 2.72. The van der Waals surface area contributed by atoms with Crippen LogP contribution in [0, 0.1) is 0 Å². The molecule has 0 aliphatic carbocycles. The maximum atomic E-state index is 11.6. The number of carboxylic acid groups (broad SMARTS) is 1. The number of nitrogens with one attached hydrogen (secondary N) is 1. The highest BCUT2D eigenvalue weighted by molar-refractivity contribution is 5.95. The zero-order valence-electron chi connectivity index (χ0n) is 10.7. The number of carbonyl (C=O) groups is 2. The van der Waals surface area contributed by atoms with Crippen LogP contribution in [0.15, 0.2) is 18.3 Å². The fourth-order valence-corrected chi connectivity index (χ4v) is 1.32. The molecule has 2 N–H and O–H groups in total. The lowest BCUT2D eigenvalue weighted by atomic mass is 9.99. The summed E-state index contributed by atoms with van der Waals surface area (Å²) in [5.41, 5.74) is -0.480. The van der Waals surface area contributed by atoms with E-state index in [0.717, 1.165) is 5.69 Å². The van der Waals surface area contributed by atoms with E-state index < -0.39 is 17.4 Å². The third-order valence-corrected chi connectivity index (χ3v) is 2.84. The molecule has 1 heterocycles. The Bertz CT molecular complexity index is 479. The number of amides is 1. The molecular weight excluding hydrogens is 234 g/mol. The van der Waals surface area contributed by atoms with Crippen LogP contribution >= 0.6 is 0 Å². The third-order valence-electron chi connectivity index (χ3n) is 2.84. The lowest BCUT2D eigenvalue weighted by Gasteiger charge is -2.23. The van der Waals surface area contributed by atoms with Crippen molar-refractivity contribution in [2.24, 2.45) is 7.05 Å². The molecule has 0 fully saturated rings. The van der Waals surface area contributed by atoms with E-state index in [-0.39, 0.29) is 0 Å². The normalized spacial score (nSPS) is 14.4. The number of hydrogen-bond acceptors (Lipinski definition) is 3. The van der Waals surface area contributed by atoms with Crippen molar-refractivity contribution in [3.05, 3.63) is 24.0 Å². The summed E-state index contributed by atoms with van der Waals surface area (Å²) in [6, 6.07) is 1.75. The highest BCUT2D eigenvalue weighted by Crippen LogP contribution is 2.09. The van der Waals surface area contributed by atoms with Gasteiger partial charge in [0.1, 0.15) is 5.54 Å². The highest BCUT2D eigenvalue weighted by atomic mass is 16.4. The van der Waals surface area contributed by atoms with Crippen molar-refractivity contribution in [3.63, 3.8) is 0 Å². The summed E-state index contributed by atoms with van der Waals surface area (Å²) in [5.74, 6) is -1.49. The summed E-state index contributed by atoms with van der Waals surface area (Å²) >= 11 is 0. The van der Waals surface area contributed by atoms with E-state index in [0.29, 0.717) is 6.42 Å². The molecule has 1 aromatic rings. The molecule has 6 heteroatoms. The first kappa shape index (κ1) is 14.0. The van der Waals surface area contributed by atoms with Crippen molar-refractivity contribution in [2.75, 3.05) is 0 Å². The molecule has 0 saturated carbocycles. The second-order valence-corrected chi connectivity index (χ2v) is 4.19. The molecule has 98 valence electrons. The summed E-state index contributed by atoms with van der Waals surface area (Å²) in [5, 5.41) is 15.4. The molecule has 1 amide bonds. The summed E-state index contributed by atoms with van der Waals surface area (Å²) in [4.78, 5) is 22.7. The van der Waals surface area contributed by atoms with E-state index in [1.807, 2.05) is 0 Å². The largest absolute Gasteiger partial charge is 0.480 e. The molecule has 0 bridgehead atoms. The minimum Gasteiger partial charge on any atom is -0.480 e. The number of hydrogen-bond donors (Lipinski definition) is 2. The highest BCUT2D eigenvalue weighted by Gasteiger charge is 2.31. The number of aryl methyl sites for hydroxylation is 1. The lowest BCUT2D eigenvalue weighted by molar-refractivity contribution is -0.146. The van der Waals surface area contributed by atoms with Gasteiger partial charge in [0.15, 0.2) is 0 Å². The minimum absolute atomic E-state index is 0.313. The smallest absolute Gasteiger partial charge is 0.329 e. The topological polar surface area (TPSA) is 84.2 Å². The van der Waals surface area contributed by atoms with Crippen LogP contribution in [-0.2, 0) is 16.6 Å². The van der Waals surface area contributed by atoms with E-state index >= 15 is 0 Å². The van der Waals surface area contributed by atoms with Crippen LogP contribution < -0.4 is 5.32 Å². The van der Waals surface area contributed by atoms with Gasteiger partial charge in [-0.2, -0.15) is 5.10 Å². The van der Waals surface area contributed by atoms with Crippen LogP contribution in [0.25, 0.3) is 6.08 Å². The van der Waals surface area contributed by atoms with Crippen molar-refractivity contribution in [1.82, 2.24) is 15.1 Å². The van der Waals surface area contributed by atoms with Gasteiger partial charge in [0, 0.05) is 19.3 Å². The van der Waals surface area contributed by atoms with Crippen molar-refractivity contribution in [1.29, 1.82) is 0 Å². The van der Waals surface area contributed by atoms with E-state index in [1.165, 1.54) is 13.0 Å². The Morgan fingerprint density at radius 2 is 2.28 bits per heavy atom. The lowest BCUT2D eigenvalue weighted by Crippen LogP contribution is -2.51. The van der Waals surface area contributed by atoms with E-state index in [4.69, 9.17) is 5.11 Å². The minimum atomic E-state index is -1.24. The molecule has 1 aromatic heterocycles. The molecule has 0 aliphatic heterocycles. The second-order valence-electron chi connectivity index (χ2n) is 4.19. The van der Waals surface area contributed by atoms with Crippen molar-refractivity contribution >= 4 is 18.0 Å². The van der Waals surface area contributed by atoms with E-state index in [2.05, 4.69) is 10.4 Å². The summed E-state index contributed by atoms with van der Waals surface area (Å²) in [6.45, 7) is 3.18. The molecule has 0 aromatic carbocycles. The van der Waals surface area contributed by atoms with Gasteiger partial charge < -0.3 is 10.4 Å². The van der Waals surface area contributed by atoms with E-state index in [9.17, 15) is 9.59 Å². The van der Waals surface area contributed by atoms with Gasteiger partial charge in [-0.1, -0.05) is 6.92 Å². The van der Waals surface area contributed by atoms with Gasteiger partial charge in [-0.15, -0.1) is 0 Å². The zero-order chi connectivity index (χ0) is 13.8. The monoisotopic (exact) mass is 251 g/mol. The first-order chi connectivity index (χ1) is 8.39. The van der Waals surface area contributed by atoms with Crippen LogP contribution in [0.5, 0.6) is 0 Å². The fraction of sp³-hybridized carbons (Fsp3) is 0.417. The molecule has 1 atom stereocenters. The Morgan fingerprint density at radius 1 is 1.61 bits per heavy atom. The number of carboxylic acids is 1. The molecule has 0 aliphatic rings. The Balaban J connectivity index is 2.70. The molecule has 1 unspecified atom stereocenters. The van der Waals surface area contributed by atoms with Gasteiger partial charge >= 0.3 is 5.97 Å². The molecular formula is C12H17N3O3. The van der Waals surface area contributed by atoms with Crippen molar-refractivity contribution in [2.45, 2.75) is 25.8 Å². The van der Waals surface area contributed by atoms with E-state index in [1.54, 1.807) is 37.0 Å². The van der Waals surface area contributed by atoms with Crippen LogP contribution in [0.3, 0.4) is 0 Å². The predicted molar refractivity (Wildman–Crippen MR) is 66.7 cm³/mol. The fourth-order valence-electron chi connectivity index (χ4n) is 1.32. The molecule has 0 saturated heterocycles. The van der Waals surface area contributed by atoms with Crippen LogP contribution in [-0.4, -0.2) is 32.3 Å². The molecule has 1 rings (SSSR count). The van der Waals surface area contributed by atoms with Crippen molar-refractivity contribution < 1.29 is 14.7 Å². The maximum absolute atomic E-state index is 11.6.